The summed E-state index contributed by atoms with van der Waals surface area (Å²) in [6.45, 7) is 4.62. The molecular formula is C26H21N3O3S. The van der Waals surface area contributed by atoms with Crippen LogP contribution in [0.5, 0.6) is 5.75 Å². The molecule has 0 fully saturated rings. The van der Waals surface area contributed by atoms with Gasteiger partial charge in [0, 0.05) is 22.9 Å². The number of anilines is 1. The number of rotatable bonds is 6. The van der Waals surface area contributed by atoms with Gasteiger partial charge in [0.2, 0.25) is 0 Å². The van der Waals surface area contributed by atoms with E-state index in [1.54, 1.807) is 17.4 Å². The van der Waals surface area contributed by atoms with E-state index < -0.39 is 0 Å². The lowest BCUT2D eigenvalue weighted by atomic mass is 10.1. The van der Waals surface area contributed by atoms with Crippen LogP contribution in [0.25, 0.3) is 32.1 Å². The Bertz CT molecular complexity index is 1420. The molecule has 0 aliphatic carbocycles. The largest absolute Gasteiger partial charge is 0.494 e. The number of ether oxygens (including phenoxy) is 1. The molecule has 6 nitrogen and oxygen atoms in total. The lowest BCUT2D eigenvalue weighted by molar-refractivity contribution is 0.101. The zero-order chi connectivity index (χ0) is 22.8. The van der Waals surface area contributed by atoms with Crippen molar-refractivity contribution in [2.45, 2.75) is 13.8 Å². The highest BCUT2D eigenvalue weighted by Crippen LogP contribution is 2.31. The van der Waals surface area contributed by atoms with E-state index in [2.05, 4.69) is 29.5 Å². The van der Waals surface area contributed by atoms with E-state index in [0.29, 0.717) is 18.1 Å². The Morgan fingerprint density at radius 2 is 1.76 bits per heavy atom. The Morgan fingerprint density at radius 1 is 1.00 bits per heavy atom. The Hall–Kier alpha value is -3.97. The van der Waals surface area contributed by atoms with Crippen LogP contribution < -0.4 is 10.1 Å². The van der Waals surface area contributed by atoms with Crippen LogP contribution in [0, 0.1) is 6.92 Å². The van der Waals surface area contributed by atoms with E-state index >= 15 is 0 Å². The minimum atomic E-state index is -0.334. The van der Waals surface area contributed by atoms with Crippen molar-refractivity contribution in [3.8, 4) is 27.6 Å². The van der Waals surface area contributed by atoms with Gasteiger partial charge in [-0.15, -0.1) is 11.3 Å². The second kappa shape index (κ2) is 8.88. The summed E-state index contributed by atoms with van der Waals surface area (Å²) in [5.74, 6) is 0.965. The molecule has 0 spiro atoms. The topological polar surface area (TPSA) is 77.2 Å². The first-order chi connectivity index (χ1) is 16.1. The third-order valence-electron chi connectivity index (χ3n) is 5.13. The van der Waals surface area contributed by atoms with Crippen molar-refractivity contribution < 1.29 is 14.1 Å². The molecule has 5 rings (SSSR count). The number of amides is 1. The van der Waals surface area contributed by atoms with E-state index in [1.807, 2.05) is 61.5 Å². The highest BCUT2D eigenvalue weighted by molar-refractivity contribution is 7.21. The second-order valence-corrected chi connectivity index (χ2v) is 8.59. The standard InChI is InChI=1S/C26H21N3O3S/c1-3-31-20-11-7-17(8-12-20)23-15-22(29-32-23)25(30)27-19-9-5-18(6-10-19)26-28-21-13-4-16(2)14-24(21)33-26/h4-15H,3H2,1-2H3,(H,27,30). The fourth-order valence-electron chi connectivity index (χ4n) is 3.45. The van der Waals surface area contributed by atoms with Gasteiger partial charge in [-0.3, -0.25) is 4.79 Å². The third-order valence-corrected chi connectivity index (χ3v) is 6.19. The molecule has 2 aromatic heterocycles. The minimum Gasteiger partial charge on any atom is -0.494 e. The maximum Gasteiger partial charge on any atom is 0.277 e. The maximum absolute atomic E-state index is 12.6. The van der Waals surface area contributed by atoms with Crippen LogP contribution in [-0.4, -0.2) is 22.7 Å². The van der Waals surface area contributed by atoms with Gasteiger partial charge in [0.15, 0.2) is 11.5 Å². The number of nitrogens with zero attached hydrogens (tertiary/aromatic N) is 2. The van der Waals surface area contributed by atoms with Crippen molar-refractivity contribution in [3.63, 3.8) is 0 Å². The van der Waals surface area contributed by atoms with Gasteiger partial charge in [-0.2, -0.15) is 0 Å². The fourth-order valence-corrected chi connectivity index (χ4v) is 4.52. The molecule has 164 valence electrons. The molecule has 0 atom stereocenters. The summed E-state index contributed by atoms with van der Waals surface area (Å²) >= 11 is 1.66. The molecule has 0 saturated heterocycles. The minimum absolute atomic E-state index is 0.213. The van der Waals surface area contributed by atoms with Crippen molar-refractivity contribution in [2.24, 2.45) is 0 Å². The molecule has 7 heteroatoms. The zero-order valence-corrected chi connectivity index (χ0v) is 19.0. The van der Waals surface area contributed by atoms with E-state index in [1.165, 1.54) is 5.56 Å². The van der Waals surface area contributed by atoms with Gasteiger partial charge in [-0.25, -0.2) is 4.98 Å². The highest BCUT2D eigenvalue weighted by Gasteiger charge is 2.14. The lowest BCUT2D eigenvalue weighted by Crippen LogP contribution is -2.11. The monoisotopic (exact) mass is 455 g/mol. The van der Waals surface area contributed by atoms with E-state index in [9.17, 15) is 4.79 Å². The van der Waals surface area contributed by atoms with Crippen molar-refractivity contribution in [2.75, 3.05) is 11.9 Å². The number of benzene rings is 3. The van der Waals surface area contributed by atoms with Gasteiger partial charge in [-0.1, -0.05) is 11.2 Å². The number of thiazole rings is 1. The fraction of sp³-hybridized carbons (Fsp3) is 0.115. The highest BCUT2D eigenvalue weighted by atomic mass is 32.1. The molecule has 0 aliphatic rings. The molecule has 2 heterocycles. The first kappa shape index (κ1) is 20.9. The molecule has 1 amide bonds. The van der Waals surface area contributed by atoms with Gasteiger partial charge in [0.1, 0.15) is 10.8 Å². The second-order valence-electron chi connectivity index (χ2n) is 7.56. The Labute approximate surface area is 194 Å². The molecule has 3 aromatic carbocycles. The predicted octanol–water partition coefficient (Wildman–Crippen LogP) is 6.58. The Balaban J connectivity index is 1.28. The predicted molar refractivity (Wildman–Crippen MR) is 131 cm³/mol. The molecule has 0 unspecified atom stereocenters. The molecule has 0 saturated carbocycles. The quantitative estimate of drug-likeness (QED) is 0.313. The van der Waals surface area contributed by atoms with Crippen LogP contribution in [0.2, 0.25) is 0 Å². The summed E-state index contributed by atoms with van der Waals surface area (Å²) in [7, 11) is 0. The van der Waals surface area contributed by atoms with Crippen molar-refractivity contribution in [1.82, 2.24) is 10.1 Å². The van der Waals surface area contributed by atoms with Gasteiger partial charge >= 0.3 is 0 Å². The van der Waals surface area contributed by atoms with Gasteiger partial charge in [-0.05, 0) is 80.1 Å². The summed E-state index contributed by atoms with van der Waals surface area (Å²) in [5, 5.41) is 7.73. The van der Waals surface area contributed by atoms with Crippen LogP contribution >= 0.6 is 11.3 Å². The number of carbonyl (C=O) groups is 1. The number of hydrogen-bond donors (Lipinski definition) is 1. The number of hydrogen-bond acceptors (Lipinski definition) is 6. The molecule has 0 radical (unpaired) electrons. The Morgan fingerprint density at radius 3 is 2.52 bits per heavy atom. The van der Waals surface area contributed by atoms with Gasteiger partial charge in [0.05, 0.1) is 16.8 Å². The van der Waals surface area contributed by atoms with Gasteiger partial charge < -0.3 is 14.6 Å². The van der Waals surface area contributed by atoms with E-state index in [-0.39, 0.29) is 11.6 Å². The molecule has 0 bridgehead atoms. The summed E-state index contributed by atoms with van der Waals surface area (Å²) in [4.78, 5) is 17.3. The first-order valence-electron chi connectivity index (χ1n) is 10.6. The Kier molecular flexibility index (Phi) is 5.62. The number of fused-ring (bicyclic) bond motifs is 1. The van der Waals surface area contributed by atoms with Crippen molar-refractivity contribution >= 4 is 33.1 Å². The normalized spacial score (nSPS) is 11.0. The lowest BCUT2D eigenvalue weighted by Gasteiger charge is -2.03. The molecule has 33 heavy (non-hydrogen) atoms. The number of aryl methyl sites for hydroxylation is 1. The van der Waals surface area contributed by atoms with Crippen LogP contribution in [-0.2, 0) is 0 Å². The number of carbonyl (C=O) groups excluding carboxylic acids is 1. The third kappa shape index (κ3) is 4.49. The van der Waals surface area contributed by atoms with Crippen molar-refractivity contribution in [3.05, 3.63) is 84.1 Å². The molecule has 1 N–H and O–H groups in total. The summed E-state index contributed by atoms with van der Waals surface area (Å²) in [5.41, 5.74) is 4.92. The van der Waals surface area contributed by atoms with E-state index in [0.717, 1.165) is 32.1 Å². The summed E-state index contributed by atoms with van der Waals surface area (Å²) < 4.78 is 12.0. The maximum atomic E-state index is 12.6. The van der Waals surface area contributed by atoms with E-state index in [4.69, 9.17) is 14.2 Å². The van der Waals surface area contributed by atoms with Crippen LogP contribution in [0.4, 0.5) is 5.69 Å². The smallest absolute Gasteiger partial charge is 0.277 e. The average molecular weight is 456 g/mol. The van der Waals surface area contributed by atoms with Crippen molar-refractivity contribution in [1.29, 1.82) is 0 Å². The summed E-state index contributed by atoms with van der Waals surface area (Å²) in [6, 6.07) is 23.0. The number of nitrogens with one attached hydrogen (secondary N) is 1. The molecule has 5 aromatic rings. The zero-order valence-electron chi connectivity index (χ0n) is 18.2. The SMILES string of the molecule is CCOc1ccc(-c2cc(C(=O)Nc3ccc(-c4nc5ccc(C)cc5s4)cc3)no2)cc1. The molecular weight excluding hydrogens is 434 g/mol. The van der Waals surface area contributed by atoms with Crippen LogP contribution in [0.1, 0.15) is 23.0 Å². The van der Waals surface area contributed by atoms with Crippen LogP contribution in [0.3, 0.4) is 0 Å². The van der Waals surface area contributed by atoms with Crippen LogP contribution in [0.15, 0.2) is 77.3 Å². The molecule has 0 aliphatic heterocycles. The summed E-state index contributed by atoms with van der Waals surface area (Å²) in [6.07, 6.45) is 0. The number of aromatic nitrogens is 2. The average Bonchev–Trinajstić information content (AvgIpc) is 3.48. The van der Waals surface area contributed by atoms with Gasteiger partial charge in [0.25, 0.3) is 5.91 Å². The first-order valence-corrected chi connectivity index (χ1v) is 11.4.